The minimum atomic E-state index is -1.60. The minimum Gasteiger partial charge on any atom is -0.510 e. The van der Waals surface area contributed by atoms with Crippen LogP contribution in [0.1, 0.15) is 13.9 Å². The van der Waals surface area contributed by atoms with Crippen LogP contribution < -0.4 is 0 Å². The van der Waals surface area contributed by atoms with E-state index in [9.17, 15) is 0 Å². The van der Waals surface area contributed by atoms with Crippen molar-refractivity contribution < 1.29 is 31.7 Å². The predicted molar refractivity (Wildman–Crippen MR) is 182 cm³/mol. The van der Waals surface area contributed by atoms with Crippen LogP contribution in [-0.2, 0) is 26.5 Å². The molecular formula is C42H26IrNO2. The van der Waals surface area contributed by atoms with E-state index in [1.165, 1.54) is 0 Å². The summed E-state index contributed by atoms with van der Waals surface area (Å²) in [6.07, 6.45) is 0.178. The van der Waals surface area contributed by atoms with Crippen LogP contribution in [0.3, 0.4) is 0 Å². The van der Waals surface area contributed by atoms with Gasteiger partial charge in [0.05, 0.1) is 5.58 Å². The number of fused-ring (bicyclic) bond motifs is 6. The summed E-state index contributed by atoms with van der Waals surface area (Å²) in [5.41, 5.74) is 7.87. The van der Waals surface area contributed by atoms with Gasteiger partial charge in [0, 0.05) is 25.3 Å². The Morgan fingerprint density at radius 1 is 0.543 bits per heavy atom. The van der Waals surface area contributed by atoms with E-state index in [2.05, 4.69) is 29.2 Å². The monoisotopic (exact) mass is 771 g/mol. The first-order chi connectivity index (χ1) is 23.1. The van der Waals surface area contributed by atoms with Crippen molar-refractivity contribution in [2.24, 2.45) is 0 Å². The summed E-state index contributed by atoms with van der Waals surface area (Å²) in [6, 6.07) is 54.0. The first-order valence-electron chi connectivity index (χ1n) is 15.7. The maximum absolute atomic E-state index is 8.64. The Labute approximate surface area is 283 Å². The van der Waals surface area contributed by atoms with Crippen molar-refractivity contribution in [3.8, 4) is 22.4 Å². The van der Waals surface area contributed by atoms with Gasteiger partial charge >= 0.3 is 20.1 Å². The van der Waals surface area contributed by atoms with Crippen molar-refractivity contribution in [2.75, 3.05) is 0 Å². The third kappa shape index (κ3) is 5.65. The van der Waals surface area contributed by atoms with Crippen LogP contribution in [0.5, 0.6) is 0 Å². The number of pyridine rings is 1. The fraction of sp³-hybridized carbons (Fsp3) is 0.0238. The third-order valence-corrected chi connectivity index (χ3v) is 7.73. The predicted octanol–water partition coefficient (Wildman–Crippen LogP) is 10.9. The van der Waals surface area contributed by atoms with Crippen molar-refractivity contribution in [3.63, 3.8) is 0 Å². The van der Waals surface area contributed by atoms with Crippen molar-refractivity contribution >= 4 is 43.9 Å². The number of hydrogen-bond acceptors (Lipinski definition) is 3. The average Bonchev–Trinajstić information content (AvgIpc) is 3.71. The van der Waals surface area contributed by atoms with Gasteiger partial charge in [0.15, 0.2) is 0 Å². The Morgan fingerprint density at radius 3 is 1.80 bits per heavy atom. The molecule has 6 aromatic carbocycles. The normalized spacial score (nSPS) is 11.9. The zero-order valence-electron chi connectivity index (χ0n) is 26.5. The minimum absolute atomic E-state index is 0. The molecule has 0 atom stereocenters. The zero-order chi connectivity index (χ0) is 31.8. The molecule has 0 amide bonds. The number of benzene rings is 6. The number of furan rings is 2. The number of aromatic nitrogens is 1. The van der Waals surface area contributed by atoms with Crippen molar-refractivity contribution in [1.29, 1.82) is 0 Å². The fourth-order valence-corrected chi connectivity index (χ4v) is 5.66. The summed E-state index contributed by atoms with van der Waals surface area (Å²) in [5, 5.41) is 4.32. The van der Waals surface area contributed by atoms with Crippen LogP contribution in [0.15, 0.2) is 155 Å². The van der Waals surface area contributed by atoms with Crippen molar-refractivity contribution in [3.05, 3.63) is 175 Å². The van der Waals surface area contributed by atoms with Gasteiger partial charge in [-0.1, -0.05) is 95.2 Å². The topological polar surface area (TPSA) is 39.2 Å². The Hall–Kier alpha value is -5.28. The van der Waals surface area contributed by atoms with E-state index in [1.807, 2.05) is 121 Å². The van der Waals surface area contributed by atoms with E-state index < -0.39 is 6.37 Å². The summed E-state index contributed by atoms with van der Waals surface area (Å²) in [6.45, 7) is 0. The van der Waals surface area contributed by atoms with Crippen LogP contribution >= 0.6 is 0 Å². The zero-order valence-corrected chi connectivity index (χ0v) is 26.8. The first kappa shape index (κ1) is 27.1. The molecule has 3 aromatic heterocycles. The molecule has 0 aliphatic carbocycles. The number of nitrogens with zero attached hydrogens (tertiary/aromatic N) is 1. The van der Waals surface area contributed by atoms with Gasteiger partial charge in [-0.2, -0.15) is 35.9 Å². The fourth-order valence-electron chi connectivity index (χ4n) is 5.66. The van der Waals surface area contributed by atoms with Gasteiger partial charge in [0.2, 0.25) is 0 Å². The van der Waals surface area contributed by atoms with Gasteiger partial charge in [0.25, 0.3) is 0 Å². The SMILES string of the molecule is [2H]C([2H])(c1ccccc1)c1cc[c-]c(-c2[c-]ccc3c2oc2ccccc23)c1.[Ir+3].[c-]1ccc2c(oc3ccccc32)c1-c1ccccn1. The van der Waals surface area contributed by atoms with Crippen LogP contribution in [0.25, 0.3) is 66.3 Å². The summed E-state index contributed by atoms with van der Waals surface area (Å²) in [4.78, 5) is 4.38. The molecule has 220 valence electrons. The molecule has 3 heterocycles. The Morgan fingerprint density at radius 2 is 1.13 bits per heavy atom. The molecule has 0 fully saturated rings. The Kier molecular flexibility index (Phi) is 7.64. The molecule has 0 N–H and O–H groups in total. The molecule has 9 rings (SSSR count). The second-order valence-electron chi connectivity index (χ2n) is 10.6. The Balaban J connectivity index is 0.000000159. The van der Waals surface area contributed by atoms with Gasteiger partial charge in [0.1, 0.15) is 11.2 Å². The summed E-state index contributed by atoms with van der Waals surface area (Å²) in [5.74, 6) is 0. The van der Waals surface area contributed by atoms with E-state index in [4.69, 9.17) is 11.6 Å². The van der Waals surface area contributed by atoms with E-state index in [-0.39, 0.29) is 20.1 Å². The van der Waals surface area contributed by atoms with Gasteiger partial charge in [-0.3, -0.25) is 0 Å². The molecule has 0 saturated carbocycles. The van der Waals surface area contributed by atoms with Gasteiger partial charge in [-0.15, -0.1) is 35.9 Å². The van der Waals surface area contributed by atoms with Crippen LogP contribution in [0.2, 0.25) is 0 Å². The molecule has 0 aliphatic heterocycles. The third-order valence-electron chi connectivity index (χ3n) is 7.73. The van der Waals surface area contributed by atoms with Crippen LogP contribution in [-0.4, -0.2) is 4.98 Å². The summed E-state index contributed by atoms with van der Waals surface area (Å²) < 4.78 is 29.3. The second-order valence-corrected chi connectivity index (χ2v) is 10.6. The van der Waals surface area contributed by atoms with Crippen LogP contribution in [0, 0.1) is 18.2 Å². The molecule has 0 bridgehead atoms. The molecule has 0 radical (unpaired) electrons. The maximum Gasteiger partial charge on any atom is 3.00 e. The molecule has 46 heavy (non-hydrogen) atoms. The number of rotatable bonds is 4. The largest absolute Gasteiger partial charge is 3.00 e. The second kappa shape index (κ2) is 13.0. The standard InChI is InChI=1S/C25H16O.C17H10NO.Ir/c1-2-8-18(9-3-1)16-19-10-6-11-20(17-19)21-13-7-14-23-22-12-4-5-15-24(22)26-25(21)23;1-2-10-16-12(6-1)13-7-5-8-14(17(13)19-16)15-9-3-4-11-18-15;/h1-10,12,14-15,17H,16H2;1-7,9-11H;/q-2;-1;+3/i16D2;;. The smallest absolute Gasteiger partial charge is 0.510 e. The van der Waals surface area contributed by atoms with E-state index in [1.54, 1.807) is 18.3 Å². The Bertz CT molecular complexity index is 2510. The summed E-state index contributed by atoms with van der Waals surface area (Å²) in [7, 11) is 0. The van der Waals surface area contributed by atoms with Gasteiger partial charge in [-0.25, -0.2) is 5.56 Å². The molecule has 3 nitrogen and oxygen atoms in total. The molecule has 0 aliphatic rings. The van der Waals surface area contributed by atoms with Crippen molar-refractivity contribution in [1.82, 2.24) is 4.98 Å². The van der Waals surface area contributed by atoms with Gasteiger partial charge in [-0.05, 0) is 35.8 Å². The molecular weight excluding hydrogens is 743 g/mol. The van der Waals surface area contributed by atoms with Gasteiger partial charge < -0.3 is 13.8 Å². The van der Waals surface area contributed by atoms with Crippen LogP contribution in [0.4, 0.5) is 0 Å². The van der Waals surface area contributed by atoms with Crippen molar-refractivity contribution in [2.45, 2.75) is 6.37 Å². The first-order valence-corrected chi connectivity index (χ1v) is 14.7. The quantitative estimate of drug-likeness (QED) is 0.167. The molecule has 0 unspecified atom stereocenters. The van der Waals surface area contributed by atoms with E-state index in [0.717, 1.165) is 66.3 Å². The molecule has 9 aromatic rings. The average molecular weight is 771 g/mol. The van der Waals surface area contributed by atoms with E-state index in [0.29, 0.717) is 11.1 Å². The number of hydrogen-bond donors (Lipinski definition) is 0. The maximum atomic E-state index is 8.64. The molecule has 0 saturated heterocycles. The number of para-hydroxylation sites is 2. The summed E-state index contributed by atoms with van der Waals surface area (Å²) >= 11 is 0. The molecule has 4 heteroatoms. The van der Waals surface area contributed by atoms with E-state index >= 15 is 0 Å². The molecule has 0 spiro atoms.